The molecule has 8 aliphatic rings. The number of fused-ring (bicyclic) bond motifs is 5. The number of hydrogen-bond donors (Lipinski definition) is 3. The second kappa shape index (κ2) is 22.7. The third kappa shape index (κ3) is 11.5. The van der Waals surface area contributed by atoms with Crippen LogP contribution in [0, 0.1) is 53.3 Å². The monoisotopic (exact) mass is 916 g/mol. The predicted octanol–water partition coefficient (Wildman–Crippen LogP) is 13.1. The summed E-state index contributed by atoms with van der Waals surface area (Å²) >= 11 is 0. The third-order valence-corrected chi connectivity index (χ3v) is 19.6. The van der Waals surface area contributed by atoms with Gasteiger partial charge in [-0.15, -0.1) is 0 Å². The van der Waals surface area contributed by atoms with Crippen LogP contribution in [0.25, 0.3) is 0 Å². The van der Waals surface area contributed by atoms with Gasteiger partial charge in [-0.2, -0.15) is 0 Å². The summed E-state index contributed by atoms with van der Waals surface area (Å²) in [5, 5.41) is 0. The molecule has 6 fully saturated rings. The molecular weight excluding hydrogens is 827 g/mol. The predicted molar refractivity (Wildman–Crippen MR) is 272 cm³/mol. The highest BCUT2D eigenvalue weighted by atomic mass is 16.5. The fourth-order valence-corrected chi connectivity index (χ4v) is 16.5. The molecule has 7 heteroatoms. The Kier molecular flexibility index (Phi) is 16.3. The zero-order valence-electron chi connectivity index (χ0n) is 41.4. The lowest BCUT2D eigenvalue weighted by molar-refractivity contribution is -0.0651. The van der Waals surface area contributed by atoms with Crippen molar-refractivity contribution in [2.45, 2.75) is 203 Å². The Balaban J connectivity index is 0.662. The molecule has 7 nitrogen and oxygen atoms in total. The van der Waals surface area contributed by atoms with E-state index in [4.69, 9.17) is 36.1 Å². The van der Waals surface area contributed by atoms with Crippen molar-refractivity contribution in [3.05, 3.63) is 89.0 Å². The first-order chi connectivity index (χ1) is 32.9. The van der Waals surface area contributed by atoms with Gasteiger partial charge in [0.1, 0.15) is 31.0 Å². The van der Waals surface area contributed by atoms with E-state index in [0.29, 0.717) is 67.3 Å². The first-order valence-corrected chi connectivity index (χ1v) is 28.2. The minimum Gasteiger partial charge on any atom is -0.491 e. The molecule has 6 N–H and O–H groups in total. The van der Waals surface area contributed by atoms with E-state index in [0.717, 1.165) is 60.5 Å². The fourth-order valence-electron chi connectivity index (χ4n) is 16.5. The van der Waals surface area contributed by atoms with Gasteiger partial charge in [0.2, 0.25) is 0 Å². The van der Waals surface area contributed by atoms with Gasteiger partial charge in [0, 0.05) is 12.5 Å². The largest absolute Gasteiger partial charge is 0.491 e. The van der Waals surface area contributed by atoms with E-state index in [9.17, 15) is 0 Å². The molecular formula is C60H89N3O4. The highest BCUT2D eigenvalue weighted by Gasteiger charge is 2.43. The van der Waals surface area contributed by atoms with Crippen LogP contribution < -0.4 is 21.9 Å². The molecule has 8 aliphatic carbocycles. The van der Waals surface area contributed by atoms with E-state index in [1.165, 1.54) is 145 Å². The molecule has 17 atom stereocenters. The van der Waals surface area contributed by atoms with Gasteiger partial charge < -0.3 is 36.1 Å². The fraction of sp³-hybridized carbons (Fsp3) is 0.733. The van der Waals surface area contributed by atoms with Crippen molar-refractivity contribution in [3.8, 4) is 5.75 Å². The van der Waals surface area contributed by atoms with Crippen molar-refractivity contribution in [1.82, 2.24) is 0 Å². The smallest absolute Gasteiger partial charge is 0.119 e. The van der Waals surface area contributed by atoms with Crippen LogP contribution >= 0.6 is 0 Å². The molecule has 17 unspecified atom stereocenters. The van der Waals surface area contributed by atoms with E-state index < -0.39 is 0 Å². The van der Waals surface area contributed by atoms with Crippen LogP contribution in [0.5, 0.6) is 5.75 Å². The summed E-state index contributed by atoms with van der Waals surface area (Å²) in [5.74, 6) is 9.85. The normalized spacial score (nSPS) is 37.2. The molecule has 2 aromatic carbocycles. The molecule has 368 valence electrons. The average molecular weight is 916 g/mol. The van der Waals surface area contributed by atoms with Crippen LogP contribution in [0.1, 0.15) is 201 Å². The molecule has 6 saturated carbocycles. The van der Waals surface area contributed by atoms with Crippen LogP contribution in [-0.2, 0) is 14.2 Å². The van der Waals surface area contributed by atoms with E-state index in [1.54, 1.807) is 5.56 Å². The Morgan fingerprint density at radius 2 is 1.31 bits per heavy atom. The van der Waals surface area contributed by atoms with Gasteiger partial charge in [-0.1, -0.05) is 112 Å². The zero-order chi connectivity index (χ0) is 45.7. The van der Waals surface area contributed by atoms with Gasteiger partial charge in [-0.25, -0.2) is 0 Å². The van der Waals surface area contributed by atoms with E-state index in [2.05, 4.69) is 66.8 Å². The third-order valence-electron chi connectivity index (χ3n) is 19.6. The van der Waals surface area contributed by atoms with E-state index in [1.807, 2.05) is 6.92 Å². The van der Waals surface area contributed by atoms with Crippen molar-refractivity contribution < 1.29 is 18.9 Å². The molecule has 0 aliphatic heterocycles. The number of nitrogens with two attached hydrogens (primary N) is 3. The maximum absolute atomic E-state index is 6.84. The Morgan fingerprint density at radius 1 is 0.567 bits per heavy atom. The quantitative estimate of drug-likeness (QED) is 0.101. The molecule has 0 bridgehead atoms. The van der Waals surface area contributed by atoms with Crippen molar-refractivity contribution in [2.24, 2.45) is 70.5 Å². The molecule has 0 saturated heterocycles. The Hall–Kier alpha value is -2.52. The Labute approximate surface area is 405 Å². The van der Waals surface area contributed by atoms with Crippen LogP contribution in [0.2, 0.25) is 0 Å². The minimum atomic E-state index is -0.240. The van der Waals surface area contributed by atoms with Gasteiger partial charge in [0.25, 0.3) is 0 Å². The van der Waals surface area contributed by atoms with Gasteiger partial charge >= 0.3 is 0 Å². The maximum Gasteiger partial charge on any atom is 0.119 e. The summed E-state index contributed by atoms with van der Waals surface area (Å²) < 4.78 is 25.0. The Bertz CT molecular complexity index is 1930. The lowest BCUT2D eigenvalue weighted by atomic mass is 9.63. The summed E-state index contributed by atoms with van der Waals surface area (Å²) in [7, 11) is 0. The van der Waals surface area contributed by atoms with Gasteiger partial charge in [0.05, 0.1) is 12.7 Å². The molecule has 2 aromatic rings. The molecule has 0 radical (unpaired) electrons. The van der Waals surface area contributed by atoms with Gasteiger partial charge in [-0.3, -0.25) is 0 Å². The molecule has 0 spiro atoms. The van der Waals surface area contributed by atoms with Crippen LogP contribution in [0.3, 0.4) is 0 Å². The highest BCUT2D eigenvalue weighted by Crippen LogP contribution is 2.55. The van der Waals surface area contributed by atoms with Gasteiger partial charge in [0.15, 0.2) is 0 Å². The first-order valence-electron chi connectivity index (χ1n) is 28.2. The number of ether oxygens (including phenoxy) is 4. The first kappa shape index (κ1) is 48.1. The van der Waals surface area contributed by atoms with Crippen LogP contribution in [-0.4, -0.2) is 44.6 Å². The standard InChI is InChI=1S/C60H89N3O4/c1-2-64-59(62)38-57-54-16-8-7-15-53(54)55-29-25-45(36-56(55)57)44-21-20-41-19-18-39(32-47(41)34-44)33-58(61)66-31-30-65-48-26-23-42(24-27-48)50-13-5-6-14-52(50)51-17-9-12-46(51)37-60(63)67-49-28-22-40-10-3-4-11-43(40)35-49/h7-8,15-16,23-27,29,36,39-41,43-44,46-47,49-54,57-60H,2-6,9-14,17-22,28,30-35,37-38,61-63H2,1H3. The summed E-state index contributed by atoms with van der Waals surface area (Å²) in [6.45, 7) is 3.75. The SMILES string of the molecule is CCOC(N)CC1c2cc(C3CCC4CCC(CC(N)OCCOc5ccc(C6CCCCC6C6CCCC6CC(N)OC6CCC7CCCCC7C6)cc5)CC4C3)ccc2C2C=CC=CC21. The zero-order valence-corrected chi connectivity index (χ0v) is 41.4. The van der Waals surface area contributed by atoms with Crippen LogP contribution in [0.4, 0.5) is 0 Å². The molecule has 10 rings (SSSR count). The Morgan fingerprint density at radius 3 is 2.19 bits per heavy atom. The lowest BCUT2D eigenvalue weighted by Crippen LogP contribution is -2.38. The average Bonchev–Trinajstić information content (AvgIpc) is 3.94. The van der Waals surface area contributed by atoms with Crippen molar-refractivity contribution in [3.63, 3.8) is 0 Å². The molecule has 67 heavy (non-hydrogen) atoms. The summed E-state index contributed by atoms with van der Waals surface area (Å²) in [6, 6.07) is 16.6. The molecule has 0 aromatic heterocycles. The summed E-state index contributed by atoms with van der Waals surface area (Å²) in [4.78, 5) is 0. The van der Waals surface area contributed by atoms with Crippen molar-refractivity contribution in [1.29, 1.82) is 0 Å². The van der Waals surface area contributed by atoms with Crippen molar-refractivity contribution >= 4 is 0 Å². The summed E-state index contributed by atoms with van der Waals surface area (Å²) in [5.41, 5.74) is 26.1. The van der Waals surface area contributed by atoms with E-state index >= 15 is 0 Å². The minimum absolute atomic E-state index is 0.105. The maximum atomic E-state index is 6.84. The number of allylic oxidation sites excluding steroid dienone is 4. The molecule has 0 amide bonds. The van der Waals surface area contributed by atoms with Crippen LogP contribution in [0.15, 0.2) is 66.8 Å². The topological polar surface area (TPSA) is 115 Å². The number of hydrogen-bond acceptors (Lipinski definition) is 7. The number of rotatable bonds is 18. The van der Waals surface area contributed by atoms with Crippen molar-refractivity contribution in [2.75, 3.05) is 19.8 Å². The lowest BCUT2D eigenvalue weighted by Gasteiger charge is -2.43. The second-order valence-corrected chi connectivity index (χ2v) is 23.4. The summed E-state index contributed by atoms with van der Waals surface area (Å²) in [6.07, 6.45) is 38.7. The van der Waals surface area contributed by atoms with Gasteiger partial charge in [-0.05, 0) is 202 Å². The highest BCUT2D eigenvalue weighted by molar-refractivity contribution is 5.49. The number of benzene rings is 2. The van der Waals surface area contributed by atoms with E-state index in [-0.39, 0.29) is 18.7 Å². The second-order valence-electron chi connectivity index (χ2n) is 23.4. The molecule has 0 heterocycles.